The molecule has 0 aliphatic carbocycles. The molecule has 0 bridgehead atoms. The van der Waals surface area contributed by atoms with E-state index in [-0.39, 0.29) is 19.6 Å². The van der Waals surface area contributed by atoms with Gasteiger partial charge in [-0.15, -0.1) is 0 Å². The first-order chi connectivity index (χ1) is 13.4. The third-order valence-electron chi connectivity index (χ3n) is 4.16. The molecule has 0 fully saturated rings. The van der Waals surface area contributed by atoms with Crippen LogP contribution in [-0.4, -0.2) is 43.4 Å². The Balaban J connectivity index is 2.19. The molecule has 0 radical (unpaired) electrons. The van der Waals surface area contributed by atoms with Crippen LogP contribution in [0.25, 0.3) is 0 Å². The van der Waals surface area contributed by atoms with Crippen LogP contribution in [0.15, 0.2) is 48.5 Å². The first-order valence-corrected chi connectivity index (χ1v) is 8.86. The Morgan fingerprint density at radius 3 is 2.14 bits per heavy atom. The van der Waals surface area contributed by atoms with Gasteiger partial charge in [-0.1, -0.05) is 30.3 Å². The fourth-order valence-electron chi connectivity index (χ4n) is 2.68. The van der Waals surface area contributed by atoms with Crippen LogP contribution in [0.3, 0.4) is 0 Å². The average molecular weight is 387 g/mol. The number of carbonyl (C=O) groups is 2. The van der Waals surface area contributed by atoms with E-state index in [0.717, 1.165) is 0 Å². The average Bonchev–Trinajstić information content (AvgIpc) is 2.72. The molecule has 0 unspecified atom stereocenters. The van der Waals surface area contributed by atoms with Crippen LogP contribution in [0.4, 0.5) is 0 Å². The summed E-state index contributed by atoms with van der Waals surface area (Å²) < 4.78 is 15.3. The summed E-state index contributed by atoms with van der Waals surface area (Å²) in [6.45, 7) is 1.74. The maximum absolute atomic E-state index is 12.7. The number of rotatable bonds is 9. The molecule has 2 rings (SSSR count). The van der Waals surface area contributed by atoms with Crippen LogP contribution in [0.1, 0.15) is 18.1 Å². The molecule has 1 amide bonds. The standard InChI is InChI=1S/C21H25NO6/c1-4-28-20(24)21(25,13-15-8-6-5-7-9-15)19(23)22-14-16-10-17(26-2)12-18(11-16)27-3/h5-12,25H,4,13-14H2,1-3H3,(H,22,23)/t21-/m1/s1. The fraction of sp³-hybridized carbons (Fsp3) is 0.333. The normalized spacial score (nSPS) is 12.6. The predicted octanol–water partition coefficient (Wildman–Crippen LogP) is 1.86. The van der Waals surface area contributed by atoms with E-state index in [1.807, 2.05) is 6.07 Å². The van der Waals surface area contributed by atoms with Gasteiger partial charge >= 0.3 is 5.97 Å². The molecule has 2 N–H and O–H groups in total. The second-order valence-corrected chi connectivity index (χ2v) is 6.15. The van der Waals surface area contributed by atoms with Crippen molar-refractivity contribution < 1.29 is 28.9 Å². The second-order valence-electron chi connectivity index (χ2n) is 6.15. The summed E-state index contributed by atoms with van der Waals surface area (Å²) >= 11 is 0. The number of methoxy groups -OCH3 is 2. The third-order valence-corrected chi connectivity index (χ3v) is 4.16. The van der Waals surface area contributed by atoms with Crippen molar-refractivity contribution in [1.82, 2.24) is 5.32 Å². The van der Waals surface area contributed by atoms with Gasteiger partial charge in [0.25, 0.3) is 5.91 Å². The van der Waals surface area contributed by atoms with Crippen molar-refractivity contribution in [2.75, 3.05) is 20.8 Å². The summed E-state index contributed by atoms with van der Waals surface area (Å²) in [5, 5.41) is 13.5. The molecule has 28 heavy (non-hydrogen) atoms. The monoisotopic (exact) mass is 387 g/mol. The van der Waals surface area contributed by atoms with Gasteiger partial charge in [-0.25, -0.2) is 4.79 Å². The zero-order valence-electron chi connectivity index (χ0n) is 16.2. The van der Waals surface area contributed by atoms with Gasteiger partial charge in [0.15, 0.2) is 0 Å². The summed E-state index contributed by atoms with van der Waals surface area (Å²) in [5.41, 5.74) is -1.01. The van der Waals surface area contributed by atoms with Gasteiger partial charge in [-0.3, -0.25) is 4.79 Å². The number of hydrogen-bond acceptors (Lipinski definition) is 6. The summed E-state index contributed by atoms with van der Waals surface area (Å²) in [4.78, 5) is 25.1. The lowest BCUT2D eigenvalue weighted by molar-refractivity contribution is -0.171. The number of amides is 1. The Morgan fingerprint density at radius 2 is 1.61 bits per heavy atom. The zero-order valence-corrected chi connectivity index (χ0v) is 16.2. The molecule has 0 saturated heterocycles. The molecule has 1 atom stereocenters. The van der Waals surface area contributed by atoms with E-state index < -0.39 is 17.5 Å². The molecule has 0 spiro atoms. The number of ether oxygens (including phenoxy) is 3. The number of esters is 1. The van der Waals surface area contributed by atoms with E-state index >= 15 is 0 Å². The SMILES string of the molecule is CCOC(=O)[C@@](O)(Cc1ccccc1)C(=O)NCc1cc(OC)cc(OC)c1. The maximum atomic E-state index is 12.7. The van der Waals surface area contributed by atoms with Crippen molar-refractivity contribution in [2.24, 2.45) is 0 Å². The van der Waals surface area contributed by atoms with Crippen molar-refractivity contribution >= 4 is 11.9 Å². The molecular formula is C21H25NO6. The molecule has 7 heteroatoms. The Bertz CT molecular complexity index is 786. The molecule has 150 valence electrons. The van der Waals surface area contributed by atoms with Crippen molar-refractivity contribution in [2.45, 2.75) is 25.5 Å². The minimum absolute atomic E-state index is 0.0519. The van der Waals surface area contributed by atoms with Gasteiger partial charge < -0.3 is 24.6 Å². The van der Waals surface area contributed by atoms with Crippen molar-refractivity contribution in [3.63, 3.8) is 0 Å². The van der Waals surface area contributed by atoms with Crippen LogP contribution in [0.5, 0.6) is 11.5 Å². The highest BCUT2D eigenvalue weighted by atomic mass is 16.5. The quantitative estimate of drug-likeness (QED) is 0.504. The Kier molecular flexibility index (Phi) is 7.40. The van der Waals surface area contributed by atoms with Crippen LogP contribution in [-0.2, 0) is 27.3 Å². The Hall–Kier alpha value is -3.06. The molecule has 0 aliphatic rings. The molecule has 0 aromatic heterocycles. The van der Waals surface area contributed by atoms with E-state index in [1.54, 1.807) is 49.4 Å². The van der Waals surface area contributed by atoms with E-state index in [4.69, 9.17) is 14.2 Å². The summed E-state index contributed by atoms with van der Waals surface area (Å²) in [5.74, 6) is -0.696. The highest BCUT2D eigenvalue weighted by Gasteiger charge is 2.45. The van der Waals surface area contributed by atoms with Crippen LogP contribution < -0.4 is 14.8 Å². The largest absolute Gasteiger partial charge is 0.497 e. The van der Waals surface area contributed by atoms with E-state index in [1.165, 1.54) is 14.2 Å². The number of hydrogen-bond donors (Lipinski definition) is 2. The van der Waals surface area contributed by atoms with E-state index in [2.05, 4.69) is 5.32 Å². The number of nitrogens with one attached hydrogen (secondary N) is 1. The molecule has 0 aliphatic heterocycles. The van der Waals surface area contributed by atoms with Crippen LogP contribution in [0, 0.1) is 0 Å². The van der Waals surface area contributed by atoms with Gasteiger partial charge in [-0.2, -0.15) is 0 Å². The fourth-order valence-corrected chi connectivity index (χ4v) is 2.68. The molecule has 0 saturated carbocycles. The molecule has 7 nitrogen and oxygen atoms in total. The maximum Gasteiger partial charge on any atom is 0.348 e. The molecule has 2 aromatic rings. The van der Waals surface area contributed by atoms with Gasteiger partial charge in [0, 0.05) is 19.0 Å². The minimum Gasteiger partial charge on any atom is -0.497 e. The topological polar surface area (TPSA) is 94.1 Å². The first kappa shape index (κ1) is 21.2. The third kappa shape index (κ3) is 5.23. The van der Waals surface area contributed by atoms with Crippen LogP contribution in [0.2, 0.25) is 0 Å². The number of benzene rings is 2. The lowest BCUT2D eigenvalue weighted by Crippen LogP contribution is -2.55. The molecular weight excluding hydrogens is 362 g/mol. The highest BCUT2D eigenvalue weighted by molar-refractivity contribution is 6.06. The van der Waals surface area contributed by atoms with Crippen molar-refractivity contribution in [3.8, 4) is 11.5 Å². The predicted molar refractivity (Wildman–Crippen MR) is 103 cm³/mol. The zero-order chi connectivity index (χ0) is 20.6. The molecule has 0 heterocycles. The minimum atomic E-state index is -2.33. The Morgan fingerprint density at radius 1 is 1.00 bits per heavy atom. The van der Waals surface area contributed by atoms with E-state index in [9.17, 15) is 14.7 Å². The van der Waals surface area contributed by atoms with Crippen molar-refractivity contribution in [1.29, 1.82) is 0 Å². The molecule has 2 aromatic carbocycles. The summed E-state index contributed by atoms with van der Waals surface area (Å²) in [6, 6.07) is 13.9. The van der Waals surface area contributed by atoms with Gasteiger partial charge in [0.2, 0.25) is 5.60 Å². The smallest absolute Gasteiger partial charge is 0.348 e. The summed E-state index contributed by atoms with van der Waals surface area (Å²) in [6.07, 6.45) is -0.195. The lowest BCUT2D eigenvalue weighted by Gasteiger charge is -2.25. The number of aliphatic hydroxyl groups is 1. The van der Waals surface area contributed by atoms with Crippen molar-refractivity contribution in [3.05, 3.63) is 59.7 Å². The van der Waals surface area contributed by atoms with Gasteiger partial charge in [-0.05, 0) is 30.2 Å². The highest BCUT2D eigenvalue weighted by Crippen LogP contribution is 2.23. The second kappa shape index (κ2) is 9.75. The van der Waals surface area contributed by atoms with Crippen LogP contribution >= 0.6 is 0 Å². The van der Waals surface area contributed by atoms with Gasteiger partial charge in [0.05, 0.1) is 20.8 Å². The first-order valence-electron chi connectivity index (χ1n) is 8.86. The van der Waals surface area contributed by atoms with E-state index in [0.29, 0.717) is 22.6 Å². The lowest BCUT2D eigenvalue weighted by atomic mass is 9.93. The van der Waals surface area contributed by atoms with Gasteiger partial charge in [0.1, 0.15) is 11.5 Å². The summed E-state index contributed by atoms with van der Waals surface area (Å²) in [7, 11) is 3.05. The Labute approximate surface area is 164 Å². The number of carbonyl (C=O) groups excluding carboxylic acids is 2.